The van der Waals surface area contributed by atoms with Gasteiger partial charge in [0.15, 0.2) is 0 Å². The fourth-order valence-electron chi connectivity index (χ4n) is 2.31. The second-order valence-electron chi connectivity index (χ2n) is 5.42. The molecule has 1 amide bonds. The molecule has 2 N–H and O–H groups in total. The number of carbonyl (C=O) groups excluding carboxylic acids is 1. The third-order valence-corrected chi connectivity index (χ3v) is 5.37. The Balaban J connectivity index is 2.68. The van der Waals surface area contributed by atoms with Gasteiger partial charge in [0.2, 0.25) is 5.91 Å². The van der Waals surface area contributed by atoms with Gasteiger partial charge in [-0.2, -0.15) is 17.4 Å². The van der Waals surface area contributed by atoms with E-state index in [1.54, 1.807) is 6.92 Å². The molecule has 6 nitrogen and oxygen atoms in total. The van der Waals surface area contributed by atoms with Crippen LogP contribution in [0.25, 0.3) is 0 Å². The summed E-state index contributed by atoms with van der Waals surface area (Å²) < 4.78 is 27.7. The molecule has 0 aromatic heterocycles. The first-order valence-corrected chi connectivity index (χ1v) is 8.73. The number of alkyl halides is 1. The van der Waals surface area contributed by atoms with Gasteiger partial charge in [-0.1, -0.05) is 12.8 Å². The van der Waals surface area contributed by atoms with Crippen molar-refractivity contribution in [3.8, 4) is 0 Å². The van der Waals surface area contributed by atoms with Crippen molar-refractivity contribution in [2.24, 2.45) is 5.92 Å². The van der Waals surface area contributed by atoms with Gasteiger partial charge in [0.1, 0.15) is 5.38 Å². The van der Waals surface area contributed by atoms with E-state index in [1.807, 2.05) is 0 Å². The summed E-state index contributed by atoms with van der Waals surface area (Å²) in [6.07, 6.45) is 4.16. The van der Waals surface area contributed by atoms with E-state index in [-0.39, 0.29) is 24.4 Å². The molecule has 2 atom stereocenters. The van der Waals surface area contributed by atoms with Gasteiger partial charge in [0.25, 0.3) is 10.2 Å². The van der Waals surface area contributed by atoms with Crippen LogP contribution in [-0.2, 0) is 15.0 Å². The fraction of sp³-hybridized carbons (Fsp3) is 0.917. The first-order valence-electron chi connectivity index (χ1n) is 6.85. The Morgan fingerprint density at radius 1 is 1.35 bits per heavy atom. The van der Waals surface area contributed by atoms with Crippen LogP contribution in [0.5, 0.6) is 0 Å². The molecule has 0 spiro atoms. The highest BCUT2D eigenvalue weighted by atomic mass is 35.5. The van der Waals surface area contributed by atoms with Crippen molar-refractivity contribution >= 4 is 27.7 Å². The van der Waals surface area contributed by atoms with Gasteiger partial charge in [0, 0.05) is 26.7 Å². The van der Waals surface area contributed by atoms with Crippen molar-refractivity contribution < 1.29 is 13.2 Å². The van der Waals surface area contributed by atoms with Crippen LogP contribution >= 0.6 is 11.6 Å². The number of rotatable bonds is 7. The lowest BCUT2D eigenvalue weighted by Crippen LogP contribution is -2.51. The second kappa shape index (κ2) is 7.59. The minimum absolute atomic E-state index is 0.260. The summed E-state index contributed by atoms with van der Waals surface area (Å²) in [5.41, 5.74) is 0. The molecule has 118 valence electrons. The molecule has 0 aliphatic heterocycles. The largest absolute Gasteiger partial charge is 0.353 e. The molecule has 1 rings (SSSR count). The summed E-state index contributed by atoms with van der Waals surface area (Å²) in [5.74, 6) is -0.0191. The molecule has 0 aromatic carbocycles. The van der Waals surface area contributed by atoms with Crippen molar-refractivity contribution in [3.63, 3.8) is 0 Å². The fourth-order valence-corrected chi connectivity index (χ4v) is 3.26. The molecular formula is C12H24ClN3O3S. The highest BCUT2D eigenvalue weighted by molar-refractivity contribution is 7.87. The Morgan fingerprint density at radius 2 is 1.90 bits per heavy atom. The summed E-state index contributed by atoms with van der Waals surface area (Å²) in [7, 11) is -0.545. The third kappa shape index (κ3) is 5.20. The lowest BCUT2D eigenvalue weighted by molar-refractivity contribution is -0.120. The van der Waals surface area contributed by atoms with Crippen LogP contribution in [0.4, 0.5) is 0 Å². The molecule has 0 saturated heterocycles. The molecule has 0 bridgehead atoms. The van der Waals surface area contributed by atoms with Crippen LogP contribution in [0.15, 0.2) is 0 Å². The first kappa shape index (κ1) is 17.7. The molecule has 8 heteroatoms. The zero-order valence-corrected chi connectivity index (χ0v) is 13.8. The van der Waals surface area contributed by atoms with Gasteiger partial charge in [0.05, 0.1) is 0 Å². The van der Waals surface area contributed by atoms with Crippen molar-refractivity contribution in [2.45, 2.75) is 44.0 Å². The van der Waals surface area contributed by atoms with E-state index >= 15 is 0 Å². The van der Waals surface area contributed by atoms with Gasteiger partial charge >= 0.3 is 0 Å². The molecule has 0 aromatic rings. The molecule has 1 fully saturated rings. The predicted octanol–water partition coefficient (Wildman–Crippen LogP) is 0.685. The quantitative estimate of drug-likeness (QED) is 0.676. The van der Waals surface area contributed by atoms with E-state index in [4.69, 9.17) is 11.6 Å². The van der Waals surface area contributed by atoms with Gasteiger partial charge < -0.3 is 5.32 Å². The smallest absolute Gasteiger partial charge is 0.279 e. The number of amides is 1. The summed E-state index contributed by atoms with van der Waals surface area (Å²) >= 11 is 5.70. The zero-order chi connectivity index (χ0) is 15.3. The van der Waals surface area contributed by atoms with E-state index in [2.05, 4.69) is 10.0 Å². The lowest BCUT2D eigenvalue weighted by Gasteiger charge is -2.26. The SMILES string of the molecule is CC(Cl)C(=O)NCC(NS(=O)(=O)N(C)C)C1CCCC1. The topological polar surface area (TPSA) is 78.5 Å². The number of carbonyl (C=O) groups is 1. The van der Waals surface area contributed by atoms with Gasteiger partial charge in [-0.25, -0.2) is 0 Å². The Kier molecular flexibility index (Phi) is 6.71. The van der Waals surface area contributed by atoms with Crippen LogP contribution in [0.1, 0.15) is 32.6 Å². The highest BCUT2D eigenvalue weighted by Crippen LogP contribution is 2.28. The van der Waals surface area contributed by atoms with Crippen molar-refractivity contribution in [3.05, 3.63) is 0 Å². The molecule has 1 saturated carbocycles. The number of nitrogens with one attached hydrogen (secondary N) is 2. The molecule has 20 heavy (non-hydrogen) atoms. The normalized spacial score (nSPS) is 20.1. The molecule has 1 aliphatic carbocycles. The number of nitrogens with zero attached hydrogens (tertiary/aromatic N) is 1. The predicted molar refractivity (Wildman–Crippen MR) is 79.8 cm³/mol. The number of hydrogen-bond acceptors (Lipinski definition) is 3. The molecule has 0 heterocycles. The van der Waals surface area contributed by atoms with Gasteiger partial charge in [-0.05, 0) is 25.7 Å². The first-order chi connectivity index (χ1) is 9.24. The maximum atomic E-state index is 12.0. The van der Waals surface area contributed by atoms with Crippen LogP contribution in [0.2, 0.25) is 0 Å². The third-order valence-electron chi connectivity index (χ3n) is 3.61. The van der Waals surface area contributed by atoms with E-state index in [1.165, 1.54) is 14.1 Å². The number of hydrogen-bond donors (Lipinski definition) is 2. The summed E-state index contributed by atoms with van der Waals surface area (Å²) in [6.45, 7) is 1.86. The standard InChI is InChI=1S/C12H24ClN3O3S/c1-9(13)12(17)14-8-11(10-6-4-5-7-10)15-20(18,19)16(2)3/h9-11,15H,4-8H2,1-3H3,(H,14,17). The lowest BCUT2D eigenvalue weighted by atomic mass is 9.99. The maximum Gasteiger partial charge on any atom is 0.279 e. The van der Waals surface area contributed by atoms with E-state index in [9.17, 15) is 13.2 Å². The summed E-state index contributed by atoms with van der Waals surface area (Å²) in [6, 6.07) is -0.288. The summed E-state index contributed by atoms with van der Waals surface area (Å²) in [5, 5.41) is 2.08. The molecule has 1 aliphatic rings. The molecule has 2 unspecified atom stereocenters. The average molecular weight is 326 g/mol. The monoisotopic (exact) mass is 325 g/mol. The van der Waals surface area contributed by atoms with Crippen molar-refractivity contribution in [1.29, 1.82) is 0 Å². The zero-order valence-electron chi connectivity index (χ0n) is 12.2. The summed E-state index contributed by atoms with van der Waals surface area (Å²) in [4.78, 5) is 11.5. The van der Waals surface area contributed by atoms with Gasteiger partial charge in [-0.3, -0.25) is 4.79 Å². The molecular weight excluding hydrogens is 302 g/mol. The Hall–Kier alpha value is -0.370. The minimum Gasteiger partial charge on any atom is -0.353 e. The Morgan fingerprint density at radius 3 is 2.35 bits per heavy atom. The van der Waals surface area contributed by atoms with Gasteiger partial charge in [-0.15, -0.1) is 11.6 Å². The molecule has 0 radical (unpaired) electrons. The van der Waals surface area contributed by atoms with Crippen LogP contribution in [0.3, 0.4) is 0 Å². The van der Waals surface area contributed by atoms with Crippen LogP contribution in [0, 0.1) is 5.92 Å². The Labute approximate surface area is 126 Å². The average Bonchev–Trinajstić information content (AvgIpc) is 2.87. The van der Waals surface area contributed by atoms with E-state index in [0.29, 0.717) is 0 Å². The van der Waals surface area contributed by atoms with Crippen molar-refractivity contribution in [2.75, 3.05) is 20.6 Å². The van der Waals surface area contributed by atoms with E-state index < -0.39 is 15.6 Å². The Bertz CT molecular complexity index is 420. The van der Waals surface area contributed by atoms with E-state index in [0.717, 1.165) is 30.0 Å². The highest BCUT2D eigenvalue weighted by Gasteiger charge is 2.30. The minimum atomic E-state index is -3.50. The van der Waals surface area contributed by atoms with Crippen molar-refractivity contribution in [1.82, 2.24) is 14.3 Å². The second-order valence-corrected chi connectivity index (χ2v) is 7.99. The maximum absolute atomic E-state index is 12.0. The van der Waals surface area contributed by atoms with Crippen LogP contribution < -0.4 is 10.0 Å². The van der Waals surface area contributed by atoms with Crippen LogP contribution in [-0.4, -0.2) is 50.7 Å². The number of halogens is 1.